The van der Waals surface area contributed by atoms with Crippen LogP contribution in [0, 0.1) is 5.82 Å². The number of hydrogen-bond acceptors (Lipinski definition) is 1. The quantitative estimate of drug-likeness (QED) is 0.767. The molecular weight excluding hydrogens is 333 g/mol. The molecule has 2 aromatic carbocycles. The summed E-state index contributed by atoms with van der Waals surface area (Å²) < 4.78 is 14.5. The molecule has 0 atom stereocenters. The molecule has 0 fully saturated rings. The van der Waals surface area contributed by atoms with Crippen LogP contribution in [-0.2, 0) is 12.8 Å². The summed E-state index contributed by atoms with van der Waals surface area (Å²) in [4.78, 5) is 14.3. The van der Waals surface area contributed by atoms with Crippen molar-refractivity contribution in [1.29, 1.82) is 0 Å². The highest BCUT2D eigenvalue weighted by Gasteiger charge is 2.23. The Morgan fingerprint density at radius 1 is 1.00 bits per heavy atom. The SMILES string of the molecule is O=C(c1c(F)cccc1Br)N1CCc2ccccc2CC1. The Morgan fingerprint density at radius 2 is 1.62 bits per heavy atom. The van der Waals surface area contributed by atoms with Gasteiger partial charge >= 0.3 is 0 Å². The summed E-state index contributed by atoms with van der Waals surface area (Å²) in [5, 5.41) is 0. The van der Waals surface area contributed by atoms with Gasteiger partial charge in [-0.15, -0.1) is 0 Å². The van der Waals surface area contributed by atoms with Crippen LogP contribution in [0.4, 0.5) is 4.39 Å². The minimum atomic E-state index is -0.476. The minimum Gasteiger partial charge on any atom is -0.338 e. The number of carbonyl (C=O) groups excluding carboxylic acids is 1. The Labute approximate surface area is 131 Å². The van der Waals surface area contributed by atoms with Gasteiger partial charge in [-0.05, 0) is 52.0 Å². The molecule has 0 saturated carbocycles. The molecule has 1 aliphatic rings. The third-order valence-corrected chi connectivity index (χ3v) is 4.55. The van der Waals surface area contributed by atoms with Gasteiger partial charge in [0.2, 0.25) is 0 Å². The molecule has 2 nitrogen and oxygen atoms in total. The molecule has 3 rings (SSSR count). The van der Waals surface area contributed by atoms with Gasteiger partial charge < -0.3 is 4.90 Å². The molecule has 1 aliphatic heterocycles. The predicted octanol–water partition coefficient (Wildman–Crippen LogP) is 3.83. The van der Waals surface area contributed by atoms with Gasteiger partial charge in [0.05, 0.1) is 5.56 Å². The first-order valence-electron chi connectivity index (χ1n) is 6.97. The van der Waals surface area contributed by atoms with E-state index in [1.807, 2.05) is 12.1 Å². The molecule has 0 spiro atoms. The van der Waals surface area contributed by atoms with Crippen LogP contribution in [0.15, 0.2) is 46.9 Å². The monoisotopic (exact) mass is 347 g/mol. The molecule has 0 N–H and O–H groups in total. The lowest BCUT2D eigenvalue weighted by molar-refractivity contribution is 0.0757. The Hall–Kier alpha value is -1.68. The molecule has 0 radical (unpaired) electrons. The van der Waals surface area contributed by atoms with Crippen molar-refractivity contribution < 1.29 is 9.18 Å². The van der Waals surface area contributed by atoms with Gasteiger partial charge in [-0.1, -0.05) is 30.3 Å². The number of hydrogen-bond donors (Lipinski definition) is 0. The van der Waals surface area contributed by atoms with Crippen molar-refractivity contribution in [3.8, 4) is 0 Å². The van der Waals surface area contributed by atoms with Gasteiger partial charge in [0.1, 0.15) is 5.82 Å². The lowest BCUT2D eigenvalue weighted by Gasteiger charge is -2.21. The van der Waals surface area contributed by atoms with E-state index in [1.165, 1.54) is 17.2 Å². The predicted molar refractivity (Wildman–Crippen MR) is 83.9 cm³/mol. The third kappa shape index (κ3) is 2.86. The van der Waals surface area contributed by atoms with Crippen molar-refractivity contribution in [2.24, 2.45) is 0 Å². The van der Waals surface area contributed by atoms with E-state index in [-0.39, 0.29) is 11.5 Å². The second kappa shape index (κ2) is 5.98. The van der Waals surface area contributed by atoms with Crippen molar-refractivity contribution in [2.75, 3.05) is 13.1 Å². The summed E-state index contributed by atoms with van der Waals surface area (Å²) >= 11 is 3.27. The lowest BCUT2D eigenvalue weighted by Crippen LogP contribution is -2.34. The molecule has 0 unspecified atom stereocenters. The van der Waals surface area contributed by atoms with Gasteiger partial charge in [0, 0.05) is 17.6 Å². The van der Waals surface area contributed by atoms with Gasteiger partial charge in [-0.25, -0.2) is 4.39 Å². The second-order valence-electron chi connectivity index (χ2n) is 5.16. The van der Waals surface area contributed by atoms with Gasteiger partial charge in [0.25, 0.3) is 5.91 Å². The average Bonchev–Trinajstić information content (AvgIpc) is 2.69. The van der Waals surface area contributed by atoms with Crippen molar-refractivity contribution in [3.63, 3.8) is 0 Å². The highest BCUT2D eigenvalue weighted by molar-refractivity contribution is 9.10. The maximum Gasteiger partial charge on any atom is 0.258 e. The fourth-order valence-electron chi connectivity index (χ4n) is 2.73. The molecule has 21 heavy (non-hydrogen) atoms. The highest BCUT2D eigenvalue weighted by Crippen LogP contribution is 2.23. The number of halogens is 2. The number of rotatable bonds is 1. The Bertz CT molecular complexity index is 639. The summed E-state index contributed by atoms with van der Waals surface area (Å²) in [5.41, 5.74) is 2.68. The van der Waals surface area contributed by atoms with Gasteiger partial charge in [-0.3, -0.25) is 4.79 Å². The minimum absolute atomic E-state index is 0.128. The molecule has 0 aromatic heterocycles. The molecule has 2 aromatic rings. The second-order valence-corrected chi connectivity index (χ2v) is 6.01. The van der Waals surface area contributed by atoms with Crippen molar-refractivity contribution in [2.45, 2.75) is 12.8 Å². The summed E-state index contributed by atoms with van der Waals surface area (Å²) in [6, 6.07) is 12.8. The molecule has 0 saturated heterocycles. The molecular formula is C17H15BrFNO. The van der Waals surface area contributed by atoms with E-state index in [4.69, 9.17) is 0 Å². The lowest BCUT2D eigenvalue weighted by atomic mass is 10.0. The van der Waals surface area contributed by atoms with Crippen LogP contribution in [0.2, 0.25) is 0 Å². The first-order chi connectivity index (χ1) is 10.2. The fraction of sp³-hybridized carbons (Fsp3) is 0.235. The number of nitrogens with zero attached hydrogens (tertiary/aromatic N) is 1. The van der Waals surface area contributed by atoms with Crippen LogP contribution >= 0.6 is 15.9 Å². The maximum atomic E-state index is 13.9. The topological polar surface area (TPSA) is 20.3 Å². The van der Waals surface area contributed by atoms with Crippen molar-refractivity contribution in [1.82, 2.24) is 4.90 Å². The standard InChI is InChI=1S/C17H15BrFNO/c18-14-6-3-7-15(19)16(14)17(21)20-10-8-12-4-1-2-5-13(12)9-11-20/h1-7H,8-11H2. The zero-order valence-corrected chi connectivity index (χ0v) is 13.1. The first-order valence-corrected chi connectivity index (χ1v) is 7.76. The zero-order valence-electron chi connectivity index (χ0n) is 11.5. The van der Waals surface area contributed by atoms with E-state index in [0.717, 1.165) is 12.8 Å². The van der Waals surface area contributed by atoms with E-state index in [0.29, 0.717) is 17.6 Å². The molecule has 108 valence electrons. The van der Waals surface area contributed by atoms with E-state index in [1.54, 1.807) is 17.0 Å². The number of carbonyl (C=O) groups is 1. The summed E-state index contributed by atoms with van der Waals surface area (Å²) in [7, 11) is 0. The Balaban J connectivity index is 1.84. The first kappa shape index (κ1) is 14.3. The highest BCUT2D eigenvalue weighted by atomic mass is 79.9. The number of benzene rings is 2. The van der Waals surface area contributed by atoms with E-state index < -0.39 is 5.82 Å². The van der Waals surface area contributed by atoms with Crippen LogP contribution in [-0.4, -0.2) is 23.9 Å². The number of fused-ring (bicyclic) bond motifs is 1. The number of amides is 1. The molecule has 0 aliphatic carbocycles. The largest absolute Gasteiger partial charge is 0.338 e. The van der Waals surface area contributed by atoms with Crippen molar-refractivity contribution >= 4 is 21.8 Å². The molecule has 4 heteroatoms. The zero-order chi connectivity index (χ0) is 14.8. The smallest absolute Gasteiger partial charge is 0.258 e. The van der Waals surface area contributed by atoms with Crippen LogP contribution in [0.25, 0.3) is 0 Å². The Morgan fingerprint density at radius 3 is 2.19 bits per heavy atom. The fourth-order valence-corrected chi connectivity index (χ4v) is 3.24. The molecule has 1 heterocycles. The van der Waals surface area contributed by atoms with Gasteiger partial charge in [0.15, 0.2) is 0 Å². The van der Waals surface area contributed by atoms with Crippen LogP contribution in [0.3, 0.4) is 0 Å². The Kier molecular flexibility index (Phi) is 4.06. The van der Waals surface area contributed by atoms with Crippen molar-refractivity contribution in [3.05, 3.63) is 69.4 Å². The summed E-state index contributed by atoms with van der Waals surface area (Å²) in [5.74, 6) is -0.719. The third-order valence-electron chi connectivity index (χ3n) is 3.88. The van der Waals surface area contributed by atoms with Crippen LogP contribution < -0.4 is 0 Å². The van der Waals surface area contributed by atoms with E-state index in [2.05, 4.69) is 28.1 Å². The summed E-state index contributed by atoms with van der Waals surface area (Å²) in [6.07, 6.45) is 1.63. The van der Waals surface area contributed by atoms with E-state index in [9.17, 15) is 9.18 Å². The molecule has 0 bridgehead atoms. The van der Waals surface area contributed by atoms with E-state index >= 15 is 0 Å². The summed E-state index contributed by atoms with van der Waals surface area (Å²) in [6.45, 7) is 1.24. The molecule has 1 amide bonds. The maximum absolute atomic E-state index is 13.9. The van der Waals surface area contributed by atoms with Gasteiger partial charge in [-0.2, -0.15) is 0 Å². The van der Waals surface area contributed by atoms with Crippen LogP contribution in [0.1, 0.15) is 21.5 Å². The average molecular weight is 348 g/mol. The normalized spacial score (nSPS) is 14.5. The van der Waals surface area contributed by atoms with Crippen LogP contribution in [0.5, 0.6) is 0 Å².